The second-order valence-corrected chi connectivity index (χ2v) is 6.62. The van der Waals surface area contributed by atoms with Gasteiger partial charge in [-0.15, -0.1) is 0 Å². The molecule has 1 amide bonds. The molecule has 0 radical (unpaired) electrons. The van der Waals surface area contributed by atoms with Gasteiger partial charge in [0.15, 0.2) is 0 Å². The maximum absolute atomic E-state index is 12.2. The van der Waals surface area contributed by atoms with E-state index in [4.69, 9.17) is 16.3 Å². The van der Waals surface area contributed by atoms with Crippen LogP contribution in [-0.2, 0) is 4.74 Å². The highest BCUT2D eigenvalue weighted by Gasteiger charge is 2.16. The van der Waals surface area contributed by atoms with Crippen LogP contribution in [0.4, 0.5) is 10.6 Å². The summed E-state index contributed by atoms with van der Waals surface area (Å²) in [5.74, 6) is 0.513. The molecule has 0 bridgehead atoms. The summed E-state index contributed by atoms with van der Waals surface area (Å²) >= 11 is 9.53. The highest BCUT2D eigenvalue weighted by molar-refractivity contribution is 9.10. The van der Waals surface area contributed by atoms with E-state index < -0.39 is 12.2 Å². The third-order valence-corrected chi connectivity index (χ3v) is 4.44. The molecule has 25 heavy (non-hydrogen) atoms. The van der Waals surface area contributed by atoms with Gasteiger partial charge in [0.25, 0.3) is 0 Å². The summed E-state index contributed by atoms with van der Waals surface area (Å²) in [6.45, 7) is 1.77. The number of rotatable bonds is 4. The molecule has 1 aromatic heterocycles. The van der Waals surface area contributed by atoms with Crippen LogP contribution in [0.25, 0.3) is 5.69 Å². The minimum Gasteiger partial charge on any atom is -0.441 e. The van der Waals surface area contributed by atoms with E-state index in [1.54, 1.807) is 29.9 Å². The Balaban J connectivity index is 1.71. The number of benzene rings is 2. The second-order valence-electron chi connectivity index (χ2n) is 5.30. The van der Waals surface area contributed by atoms with E-state index >= 15 is 0 Å². The summed E-state index contributed by atoms with van der Waals surface area (Å²) in [5.41, 5.74) is 1.57. The van der Waals surface area contributed by atoms with E-state index in [0.29, 0.717) is 10.8 Å². The van der Waals surface area contributed by atoms with E-state index in [1.165, 1.54) is 0 Å². The third kappa shape index (κ3) is 4.21. The number of anilines is 1. The normalized spacial score (nSPS) is 11.8. The lowest BCUT2D eigenvalue weighted by molar-refractivity contribution is 0.121. The van der Waals surface area contributed by atoms with E-state index in [2.05, 4.69) is 26.3 Å². The first-order valence-electron chi connectivity index (χ1n) is 7.56. The first-order chi connectivity index (χ1) is 12.0. The fourth-order valence-electron chi connectivity index (χ4n) is 2.35. The van der Waals surface area contributed by atoms with Gasteiger partial charge < -0.3 is 4.74 Å². The molecule has 1 atom stereocenters. The molecule has 1 N–H and O–H groups in total. The van der Waals surface area contributed by atoms with Crippen LogP contribution in [0.5, 0.6) is 0 Å². The molecule has 0 fully saturated rings. The number of carbonyl (C=O) groups is 1. The predicted molar refractivity (Wildman–Crippen MR) is 101 cm³/mol. The van der Waals surface area contributed by atoms with Crippen LogP contribution in [0.2, 0.25) is 5.02 Å². The zero-order valence-electron chi connectivity index (χ0n) is 13.3. The van der Waals surface area contributed by atoms with Crippen molar-refractivity contribution in [3.63, 3.8) is 0 Å². The van der Waals surface area contributed by atoms with Crippen LogP contribution in [0, 0.1) is 0 Å². The summed E-state index contributed by atoms with van der Waals surface area (Å²) in [5, 5.41) is 7.50. The fourth-order valence-corrected chi connectivity index (χ4v) is 2.90. The average molecular weight is 421 g/mol. The molecule has 3 aromatic rings. The van der Waals surface area contributed by atoms with Gasteiger partial charge in [0, 0.05) is 21.1 Å². The topological polar surface area (TPSA) is 56.1 Å². The number of hydrogen-bond acceptors (Lipinski definition) is 3. The van der Waals surface area contributed by atoms with Crippen LogP contribution >= 0.6 is 27.5 Å². The predicted octanol–water partition coefficient (Wildman–Crippen LogP) is 5.60. The lowest BCUT2D eigenvalue weighted by atomic mass is 10.1. The molecule has 0 spiro atoms. The minimum atomic E-state index is -0.578. The maximum atomic E-state index is 12.2. The van der Waals surface area contributed by atoms with Gasteiger partial charge in [-0.1, -0.05) is 45.7 Å². The first-order valence-corrected chi connectivity index (χ1v) is 8.74. The molecule has 0 aliphatic carbocycles. The van der Waals surface area contributed by atoms with Crippen molar-refractivity contribution in [3.05, 3.63) is 75.9 Å². The number of amides is 1. The third-order valence-electron chi connectivity index (χ3n) is 3.57. The van der Waals surface area contributed by atoms with Crippen LogP contribution in [0.15, 0.2) is 65.3 Å². The monoisotopic (exact) mass is 419 g/mol. The second kappa shape index (κ2) is 7.72. The minimum absolute atomic E-state index is 0.474. The number of hydrogen-bond donors (Lipinski definition) is 1. The molecular weight excluding hydrogens is 406 g/mol. The van der Waals surface area contributed by atoms with E-state index in [-0.39, 0.29) is 0 Å². The summed E-state index contributed by atoms with van der Waals surface area (Å²) in [6.07, 6.45) is 0.554. The quantitative estimate of drug-likeness (QED) is 0.598. The van der Waals surface area contributed by atoms with Crippen molar-refractivity contribution in [2.45, 2.75) is 13.0 Å². The average Bonchev–Trinajstić information content (AvgIpc) is 3.03. The van der Waals surface area contributed by atoms with Gasteiger partial charge >= 0.3 is 6.09 Å². The highest BCUT2D eigenvalue weighted by atomic mass is 79.9. The van der Waals surface area contributed by atoms with Crippen molar-refractivity contribution in [2.24, 2.45) is 0 Å². The molecule has 3 rings (SSSR count). The van der Waals surface area contributed by atoms with Gasteiger partial charge in [-0.2, -0.15) is 5.10 Å². The molecule has 0 aliphatic heterocycles. The summed E-state index contributed by atoms with van der Waals surface area (Å²) in [7, 11) is 0. The van der Waals surface area contributed by atoms with Crippen LogP contribution in [-0.4, -0.2) is 15.9 Å². The van der Waals surface area contributed by atoms with Crippen molar-refractivity contribution >= 4 is 39.4 Å². The standard InChI is InChI=1S/C18H15BrClN3O2/c1-12(15-4-2-3-5-16(15)20)25-18(24)22-17-10-11-21-23(17)14-8-6-13(19)7-9-14/h2-12H,1H3,(H,22,24). The van der Waals surface area contributed by atoms with Crippen molar-refractivity contribution in [3.8, 4) is 5.69 Å². The lowest BCUT2D eigenvalue weighted by Crippen LogP contribution is -2.18. The summed E-state index contributed by atoms with van der Waals surface area (Å²) in [4.78, 5) is 12.2. The molecule has 1 unspecified atom stereocenters. The molecule has 0 aliphatic rings. The van der Waals surface area contributed by atoms with E-state index in [9.17, 15) is 4.79 Å². The van der Waals surface area contributed by atoms with Crippen LogP contribution in [0.3, 0.4) is 0 Å². The number of carbonyl (C=O) groups excluding carboxylic acids is 1. The van der Waals surface area contributed by atoms with E-state index in [1.807, 2.05) is 42.5 Å². The molecule has 0 saturated heterocycles. The largest absolute Gasteiger partial charge is 0.441 e. The van der Waals surface area contributed by atoms with Crippen molar-refractivity contribution in [2.75, 3.05) is 5.32 Å². The van der Waals surface area contributed by atoms with Gasteiger partial charge in [0.2, 0.25) is 0 Å². The molecular formula is C18H15BrClN3O2. The Labute approximate surface area is 158 Å². The summed E-state index contributed by atoms with van der Waals surface area (Å²) in [6, 6.07) is 16.5. The Morgan fingerprint density at radius 3 is 2.64 bits per heavy atom. The Morgan fingerprint density at radius 2 is 1.92 bits per heavy atom. The smallest absolute Gasteiger partial charge is 0.413 e. The van der Waals surface area contributed by atoms with Crippen molar-refractivity contribution < 1.29 is 9.53 Å². The van der Waals surface area contributed by atoms with E-state index in [0.717, 1.165) is 15.7 Å². The Bertz CT molecular complexity index is 880. The van der Waals surface area contributed by atoms with Crippen LogP contribution in [0.1, 0.15) is 18.6 Å². The zero-order chi connectivity index (χ0) is 17.8. The van der Waals surface area contributed by atoms with Gasteiger partial charge in [-0.25, -0.2) is 9.48 Å². The Morgan fingerprint density at radius 1 is 1.20 bits per heavy atom. The number of nitrogens with zero attached hydrogens (tertiary/aromatic N) is 2. The van der Waals surface area contributed by atoms with Crippen LogP contribution < -0.4 is 5.32 Å². The lowest BCUT2D eigenvalue weighted by Gasteiger charge is -2.16. The number of halogens is 2. The molecule has 2 aromatic carbocycles. The van der Waals surface area contributed by atoms with Gasteiger partial charge in [-0.3, -0.25) is 5.32 Å². The zero-order valence-corrected chi connectivity index (χ0v) is 15.7. The number of nitrogens with one attached hydrogen (secondary N) is 1. The molecule has 1 heterocycles. The Kier molecular flexibility index (Phi) is 5.40. The molecule has 0 saturated carbocycles. The van der Waals surface area contributed by atoms with Gasteiger partial charge in [0.1, 0.15) is 11.9 Å². The van der Waals surface area contributed by atoms with Crippen molar-refractivity contribution in [1.82, 2.24) is 9.78 Å². The SMILES string of the molecule is CC(OC(=O)Nc1ccnn1-c1ccc(Br)cc1)c1ccccc1Cl. The number of ether oxygens (including phenoxy) is 1. The molecule has 7 heteroatoms. The summed E-state index contributed by atoms with van der Waals surface area (Å²) < 4.78 is 8.00. The fraction of sp³-hybridized carbons (Fsp3) is 0.111. The van der Waals surface area contributed by atoms with Gasteiger partial charge in [-0.05, 0) is 37.3 Å². The van der Waals surface area contributed by atoms with Crippen molar-refractivity contribution in [1.29, 1.82) is 0 Å². The number of aromatic nitrogens is 2. The maximum Gasteiger partial charge on any atom is 0.413 e. The Hall–Kier alpha value is -2.31. The molecule has 5 nitrogen and oxygen atoms in total. The van der Waals surface area contributed by atoms with Gasteiger partial charge in [0.05, 0.1) is 11.9 Å². The molecule has 128 valence electrons. The first kappa shape index (κ1) is 17.5. The highest BCUT2D eigenvalue weighted by Crippen LogP contribution is 2.25.